The fourth-order valence-electron chi connectivity index (χ4n) is 4.31. The van der Waals surface area contributed by atoms with Gasteiger partial charge in [-0.3, -0.25) is 14.5 Å². The third kappa shape index (κ3) is 2.88. The van der Waals surface area contributed by atoms with Crippen LogP contribution in [0.1, 0.15) is 44.9 Å². The number of nitrogens with two attached hydrogens (primary N) is 1. The standard InChI is InChI=1S/C16H26N4O3.ClH/c1-18-15(23)20(14(22)16(18)7-3-2-4-8-16)11-13(21)19-9-5-6-12(19)10-17;/h12H,2-11,17H2,1H3;1H. The topological polar surface area (TPSA) is 87.0 Å². The smallest absolute Gasteiger partial charge is 0.327 e. The van der Waals surface area contributed by atoms with E-state index < -0.39 is 5.54 Å². The Balaban J connectivity index is 0.00000208. The maximum absolute atomic E-state index is 12.9. The molecule has 8 heteroatoms. The molecule has 0 aromatic carbocycles. The molecule has 2 saturated heterocycles. The summed E-state index contributed by atoms with van der Waals surface area (Å²) in [5, 5.41) is 0. The van der Waals surface area contributed by atoms with E-state index in [9.17, 15) is 14.4 Å². The predicted octanol–water partition coefficient (Wildman–Crippen LogP) is 0.955. The van der Waals surface area contributed by atoms with E-state index in [4.69, 9.17) is 5.73 Å². The van der Waals surface area contributed by atoms with E-state index in [2.05, 4.69) is 0 Å². The van der Waals surface area contributed by atoms with Gasteiger partial charge in [0, 0.05) is 26.2 Å². The Labute approximate surface area is 148 Å². The molecule has 1 unspecified atom stereocenters. The van der Waals surface area contributed by atoms with Crippen LogP contribution in [-0.2, 0) is 9.59 Å². The molecule has 1 saturated carbocycles. The summed E-state index contributed by atoms with van der Waals surface area (Å²) in [5.74, 6) is -0.359. The molecule has 0 radical (unpaired) electrons. The van der Waals surface area contributed by atoms with E-state index in [1.54, 1.807) is 16.8 Å². The van der Waals surface area contributed by atoms with Crippen LogP contribution in [-0.4, -0.2) is 70.8 Å². The molecule has 1 atom stereocenters. The molecule has 1 aliphatic carbocycles. The van der Waals surface area contributed by atoms with Crippen molar-refractivity contribution in [3.63, 3.8) is 0 Å². The maximum Gasteiger partial charge on any atom is 0.327 e. The van der Waals surface area contributed by atoms with Crippen molar-refractivity contribution in [3.05, 3.63) is 0 Å². The minimum Gasteiger partial charge on any atom is -0.337 e. The Morgan fingerprint density at radius 1 is 1.21 bits per heavy atom. The molecule has 3 fully saturated rings. The first-order chi connectivity index (χ1) is 11.0. The van der Waals surface area contributed by atoms with Crippen LogP contribution in [0, 0.1) is 0 Å². The quantitative estimate of drug-likeness (QED) is 0.761. The molecule has 24 heavy (non-hydrogen) atoms. The van der Waals surface area contributed by atoms with Gasteiger partial charge in [0.25, 0.3) is 5.91 Å². The first kappa shape index (κ1) is 19.0. The van der Waals surface area contributed by atoms with Crippen molar-refractivity contribution < 1.29 is 14.4 Å². The number of rotatable bonds is 3. The number of hydrogen-bond donors (Lipinski definition) is 1. The first-order valence-electron chi connectivity index (χ1n) is 8.60. The number of urea groups is 1. The zero-order valence-electron chi connectivity index (χ0n) is 14.2. The van der Waals surface area contributed by atoms with Gasteiger partial charge in [-0.25, -0.2) is 4.79 Å². The average molecular weight is 359 g/mol. The molecular formula is C16H27ClN4O3. The Morgan fingerprint density at radius 3 is 2.50 bits per heavy atom. The second-order valence-electron chi connectivity index (χ2n) is 6.94. The normalized spacial score (nSPS) is 26.2. The van der Waals surface area contributed by atoms with Crippen LogP contribution in [0.25, 0.3) is 0 Å². The number of carbonyl (C=O) groups excluding carboxylic acids is 3. The molecule has 0 bridgehead atoms. The summed E-state index contributed by atoms with van der Waals surface area (Å²) in [4.78, 5) is 42.4. The summed E-state index contributed by atoms with van der Waals surface area (Å²) in [6.45, 7) is 0.940. The van der Waals surface area contributed by atoms with Crippen molar-refractivity contribution in [2.45, 2.75) is 56.5 Å². The number of carbonyl (C=O) groups is 3. The predicted molar refractivity (Wildman–Crippen MR) is 91.7 cm³/mol. The lowest BCUT2D eigenvalue weighted by molar-refractivity contribution is -0.140. The van der Waals surface area contributed by atoms with Crippen LogP contribution in [0.4, 0.5) is 4.79 Å². The van der Waals surface area contributed by atoms with E-state index >= 15 is 0 Å². The van der Waals surface area contributed by atoms with Gasteiger partial charge in [-0.15, -0.1) is 12.4 Å². The highest BCUT2D eigenvalue weighted by Crippen LogP contribution is 2.39. The number of amides is 4. The van der Waals surface area contributed by atoms with Gasteiger partial charge in [-0.1, -0.05) is 19.3 Å². The Bertz CT molecular complexity index is 521. The van der Waals surface area contributed by atoms with Gasteiger partial charge in [0.2, 0.25) is 5.91 Å². The molecule has 3 aliphatic rings. The zero-order chi connectivity index (χ0) is 16.6. The average Bonchev–Trinajstić information content (AvgIpc) is 3.11. The number of likely N-dealkylation sites (tertiary alicyclic amines) is 1. The third-order valence-corrected chi connectivity index (χ3v) is 5.75. The van der Waals surface area contributed by atoms with Gasteiger partial charge in [0.05, 0.1) is 0 Å². The lowest BCUT2D eigenvalue weighted by Crippen LogP contribution is -2.50. The minimum absolute atomic E-state index is 0. The highest BCUT2D eigenvalue weighted by molar-refractivity contribution is 6.09. The lowest BCUT2D eigenvalue weighted by Gasteiger charge is -2.35. The van der Waals surface area contributed by atoms with E-state index in [-0.39, 0.29) is 42.8 Å². The molecule has 7 nitrogen and oxygen atoms in total. The fourth-order valence-corrected chi connectivity index (χ4v) is 4.31. The molecule has 3 rings (SSSR count). The van der Waals surface area contributed by atoms with Crippen molar-refractivity contribution in [2.75, 3.05) is 26.7 Å². The van der Waals surface area contributed by atoms with Crippen molar-refractivity contribution in [3.8, 4) is 0 Å². The fraction of sp³-hybridized carbons (Fsp3) is 0.812. The molecule has 4 amide bonds. The van der Waals surface area contributed by atoms with Crippen LogP contribution in [0.2, 0.25) is 0 Å². The van der Waals surface area contributed by atoms with E-state index in [1.165, 1.54) is 0 Å². The van der Waals surface area contributed by atoms with Crippen molar-refractivity contribution in [1.82, 2.24) is 14.7 Å². The van der Waals surface area contributed by atoms with Crippen LogP contribution >= 0.6 is 12.4 Å². The third-order valence-electron chi connectivity index (χ3n) is 5.75. The second kappa shape index (κ2) is 7.27. The molecule has 0 aromatic rings. The largest absolute Gasteiger partial charge is 0.337 e. The SMILES string of the molecule is CN1C(=O)N(CC(=O)N2CCCC2CN)C(=O)C12CCCCC2.Cl. The molecule has 136 valence electrons. The summed E-state index contributed by atoms with van der Waals surface area (Å²) in [6, 6.07) is -0.301. The maximum atomic E-state index is 12.9. The van der Waals surface area contributed by atoms with E-state index in [0.717, 1.165) is 37.0 Å². The van der Waals surface area contributed by atoms with Crippen molar-refractivity contribution in [1.29, 1.82) is 0 Å². The summed E-state index contributed by atoms with van der Waals surface area (Å²) in [6.07, 6.45) is 6.23. The number of nitrogens with zero attached hydrogens (tertiary/aromatic N) is 3. The summed E-state index contributed by atoms with van der Waals surface area (Å²) >= 11 is 0. The number of imide groups is 1. The minimum atomic E-state index is -0.714. The van der Waals surface area contributed by atoms with Crippen LogP contribution in [0.5, 0.6) is 0 Å². The Morgan fingerprint density at radius 2 is 1.88 bits per heavy atom. The molecule has 2 N–H and O–H groups in total. The van der Waals surface area contributed by atoms with E-state index in [0.29, 0.717) is 25.9 Å². The second-order valence-corrected chi connectivity index (χ2v) is 6.94. The van der Waals surface area contributed by atoms with Gasteiger partial charge in [-0.05, 0) is 25.7 Å². The molecule has 1 spiro atoms. The van der Waals surface area contributed by atoms with Gasteiger partial charge in [-0.2, -0.15) is 0 Å². The van der Waals surface area contributed by atoms with E-state index in [1.807, 2.05) is 0 Å². The zero-order valence-corrected chi connectivity index (χ0v) is 15.0. The van der Waals surface area contributed by atoms with Crippen LogP contribution < -0.4 is 5.73 Å². The lowest BCUT2D eigenvalue weighted by atomic mass is 9.81. The summed E-state index contributed by atoms with van der Waals surface area (Å²) in [5.41, 5.74) is 4.99. The molecule has 2 aliphatic heterocycles. The molecule has 0 aromatic heterocycles. The van der Waals surface area contributed by atoms with Gasteiger partial charge in [0.15, 0.2) is 0 Å². The Hall–Kier alpha value is -1.34. The van der Waals surface area contributed by atoms with Crippen LogP contribution in [0.3, 0.4) is 0 Å². The van der Waals surface area contributed by atoms with Crippen LogP contribution in [0.15, 0.2) is 0 Å². The highest BCUT2D eigenvalue weighted by Gasteiger charge is 2.56. The molecular weight excluding hydrogens is 332 g/mol. The number of likely N-dealkylation sites (N-methyl/N-ethyl adjacent to an activating group) is 1. The van der Waals surface area contributed by atoms with Gasteiger partial charge in [0.1, 0.15) is 12.1 Å². The van der Waals surface area contributed by atoms with Gasteiger partial charge >= 0.3 is 6.03 Å². The Kier molecular flexibility index (Phi) is 5.75. The summed E-state index contributed by atoms with van der Waals surface area (Å²) in [7, 11) is 1.69. The van der Waals surface area contributed by atoms with Crippen molar-refractivity contribution >= 4 is 30.3 Å². The number of halogens is 1. The summed E-state index contributed by atoms with van der Waals surface area (Å²) < 4.78 is 0. The van der Waals surface area contributed by atoms with Gasteiger partial charge < -0.3 is 15.5 Å². The monoisotopic (exact) mass is 358 g/mol. The highest BCUT2D eigenvalue weighted by atomic mass is 35.5. The molecule has 2 heterocycles. The first-order valence-corrected chi connectivity index (χ1v) is 8.60. The number of hydrogen-bond acceptors (Lipinski definition) is 4. The van der Waals surface area contributed by atoms with Crippen molar-refractivity contribution in [2.24, 2.45) is 5.73 Å².